The van der Waals surface area contributed by atoms with Crippen molar-refractivity contribution in [1.82, 2.24) is 9.55 Å². The van der Waals surface area contributed by atoms with Crippen LogP contribution in [0.5, 0.6) is 0 Å². The number of aryl methyl sites for hydroxylation is 2. The molecule has 1 aromatic carbocycles. The molecule has 30 heavy (non-hydrogen) atoms. The van der Waals surface area contributed by atoms with Crippen LogP contribution >= 0.6 is 0 Å². The first-order chi connectivity index (χ1) is 14.3. The van der Waals surface area contributed by atoms with Gasteiger partial charge in [-0.05, 0) is 74.4 Å². The first-order valence-electron chi connectivity index (χ1n) is 9.18. The number of carboxylic acid groups (broad SMARTS) is 1. The molecule has 0 atom stereocenters. The van der Waals surface area contributed by atoms with E-state index in [1.165, 1.54) is 24.3 Å². The van der Waals surface area contributed by atoms with Crippen molar-refractivity contribution >= 4 is 23.6 Å². The Hall–Kier alpha value is -4.18. The van der Waals surface area contributed by atoms with Crippen molar-refractivity contribution in [2.24, 2.45) is 0 Å². The van der Waals surface area contributed by atoms with Gasteiger partial charge >= 0.3 is 5.97 Å². The van der Waals surface area contributed by atoms with Crippen molar-refractivity contribution < 1.29 is 14.7 Å². The molecule has 0 saturated carbocycles. The number of benzene rings is 1. The van der Waals surface area contributed by atoms with Crippen LogP contribution in [0.2, 0.25) is 0 Å². The molecule has 7 heteroatoms. The van der Waals surface area contributed by atoms with Gasteiger partial charge in [-0.15, -0.1) is 0 Å². The zero-order valence-electron chi connectivity index (χ0n) is 16.8. The Morgan fingerprint density at radius 1 is 1.17 bits per heavy atom. The molecule has 0 bridgehead atoms. The molecule has 0 fully saturated rings. The molecule has 3 aromatic rings. The first kappa shape index (κ1) is 20.6. The Labute approximate surface area is 173 Å². The molecule has 0 aliphatic rings. The lowest BCUT2D eigenvalue weighted by molar-refractivity contribution is -0.112. The quantitative estimate of drug-likeness (QED) is 0.496. The second-order valence-electron chi connectivity index (χ2n) is 6.86. The van der Waals surface area contributed by atoms with Gasteiger partial charge < -0.3 is 15.0 Å². The predicted octanol–water partition coefficient (Wildman–Crippen LogP) is 4.04. The second kappa shape index (κ2) is 8.45. The molecular formula is C23H20N4O3. The minimum atomic E-state index is -1.10. The molecule has 0 unspecified atom stereocenters. The SMILES string of the molecule is Cc1ccnc(-n2c(C)cc(C=C(C#N)C(=O)Nc3cccc(C(=O)O)c3)c2C)c1. The van der Waals surface area contributed by atoms with Crippen molar-refractivity contribution in [2.45, 2.75) is 20.8 Å². The Kier molecular flexibility index (Phi) is 5.79. The van der Waals surface area contributed by atoms with Gasteiger partial charge in [-0.3, -0.25) is 4.79 Å². The third kappa shape index (κ3) is 4.28. The van der Waals surface area contributed by atoms with Gasteiger partial charge in [-0.1, -0.05) is 6.07 Å². The van der Waals surface area contributed by atoms with Gasteiger partial charge in [0.15, 0.2) is 0 Å². The molecule has 0 saturated heterocycles. The molecule has 7 nitrogen and oxygen atoms in total. The topological polar surface area (TPSA) is 108 Å². The molecule has 150 valence electrons. The van der Waals surface area contributed by atoms with E-state index in [4.69, 9.17) is 5.11 Å². The van der Waals surface area contributed by atoms with Gasteiger partial charge in [-0.25, -0.2) is 9.78 Å². The standard InChI is InChI=1S/C23H20N4O3/c1-14-7-8-25-21(9-14)27-15(2)10-18(16(27)3)11-19(13-24)22(28)26-20-6-4-5-17(12-20)23(29)30/h4-12H,1-3H3,(H,26,28)(H,29,30). The monoisotopic (exact) mass is 400 g/mol. The Morgan fingerprint density at radius 3 is 2.60 bits per heavy atom. The van der Waals surface area contributed by atoms with E-state index in [-0.39, 0.29) is 11.1 Å². The molecule has 2 heterocycles. The lowest BCUT2D eigenvalue weighted by Gasteiger charge is -2.09. The fraction of sp³-hybridized carbons (Fsp3) is 0.130. The van der Waals surface area contributed by atoms with E-state index in [1.54, 1.807) is 12.3 Å². The first-order valence-corrected chi connectivity index (χ1v) is 9.18. The number of nitriles is 1. The average molecular weight is 400 g/mol. The number of carbonyl (C=O) groups excluding carboxylic acids is 1. The van der Waals surface area contributed by atoms with Crippen molar-refractivity contribution in [3.05, 3.63) is 82.3 Å². The smallest absolute Gasteiger partial charge is 0.335 e. The van der Waals surface area contributed by atoms with Gasteiger partial charge in [0, 0.05) is 23.3 Å². The third-order valence-electron chi connectivity index (χ3n) is 4.63. The van der Waals surface area contributed by atoms with Gasteiger partial charge in [0.05, 0.1) is 5.56 Å². The molecular weight excluding hydrogens is 380 g/mol. The number of aromatic carboxylic acids is 1. The van der Waals surface area contributed by atoms with E-state index in [0.29, 0.717) is 5.69 Å². The zero-order chi connectivity index (χ0) is 21.8. The number of carboxylic acids is 1. The number of carbonyl (C=O) groups is 2. The number of hydrogen-bond donors (Lipinski definition) is 2. The van der Waals surface area contributed by atoms with Crippen LogP contribution in [0.25, 0.3) is 11.9 Å². The molecule has 2 N–H and O–H groups in total. The van der Waals surface area contributed by atoms with Crippen LogP contribution in [0, 0.1) is 32.1 Å². The maximum absolute atomic E-state index is 12.6. The second-order valence-corrected chi connectivity index (χ2v) is 6.86. The van der Waals surface area contributed by atoms with Gasteiger partial charge in [0.2, 0.25) is 0 Å². The lowest BCUT2D eigenvalue weighted by Crippen LogP contribution is -2.14. The van der Waals surface area contributed by atoms with E-state index < -0.39 is 11.9 Å². The average Bonchev–Trinajstić information content (AvgIpc) is 2.99. The number of aromatic nitrogens is 2. The van der Waals surface area contributed by atoms with Crippen molar-refractivity contribution in [1.29, 1.82) is 5.26 Å². The molecule has 0 spiro atoms. The number of amides is 1. The van der Waals surface area contributed by atoms with E-state index >= 15 is 0 Å². The largest absolute Gasteiger partial charge is 0.478 e. The summed E-state index contributed by atoms with van der Waals surface area (Å²) < 4.78 is 1.96. The van der Waals surface area contributed by atoms with Crippen LogP contribution in [0.15, 0.2) is 54.2 Å². The predicted molar refractivity (Wildman–Crippen MR) is 113 cm³/mol. The van der Waals surface area contributed by atoms with Crippen LogP contribution in [-0.4, -0.2) is 26.5 Å². The summed E-state index contributed by atoms with van der Waals surface area (Å²) in [7, 11) is 0. The summed E-state index contributed by atoms with van der Waals surface area (Å²) in [5.41, 5.74) is 3.82. The van der Waals surface area contributed by atoms with Gasteiger partial charge in [-0.2, -0.15) is 5.26 Å². The highest BCUT2D eigenvalue weighted by Crippen LogP contribution is 2.22. The summed E-state index contributed by atoms with van der Waals surface area (Å²) in [5, 5.41) is 21.2. The number of nitrogens with one attached hydrogen (secondary N) is 1. The van der Waals surface area contributed by atoms with Crippen LogP contribution in [0.1, 0.15) is 32.9 Å². The summed E-state index contributed by atoms with van der Waals surface area (Å²) >= 11 is 0. The Balaban J connectivity index is 1.92. The highest BCUT2D eigenvalue weighted by Gasteiger charge is 2.15. The van der Waals surface area contributed by atoms with E-state index in [9.17, 15) is 14.9 Å². The molecule has 3 rings (SSSR count). The van der Waals surface area contributed by atoms with Crippen LogP contribution in [0.3, 0.4) is 0 Å². The molecule has 2 aromatic heterocycles. The highest BCUT2D eigenvalue weighted by molar-refractivity contribution is 6.10. The summed E-state index contributed by atoms with van der Waals surface area (Å²) in [5.74, 6) is -0.948. The summed E-state index contributed by atoms with van der Waals surface area (Å²) in [6.45, 7) is 5.81. The van der Waals surface area contributed by atoms with Crippen molar-refractivity contribution in [2.75, 3.05) is 5.32 Å². The van der Waals surface area contributed by atoms with E-state index in [1.807, 2.05) is 49.6 Å². The van der Waals surface area contributed by atoms with Gasteiger partial charge in [0.25, 0.3) is 5.91 Å². The molecule has 1 amide bonds. The molecule has 0 radical (unpaired) electrons. The summed E-state index contributed by atoms with van der Waals surface area (Å²) in [6, 6.07) is 13.5. The minimum Gasteiger partial charge on any atom is -0.478 e. The fourth-order valence-electron chi connectivity index (χ4n) is 3.16. The fourth-order valence-corrected chi connectivity index (χ4v) is 3.16. The lowest BCUT2D eigenvalue weighted by atomic mass is 10.1. The Bertz CT molecular complexity index is 1220. The molecule has 0 aliphatic carbocycles. The number of anilines is 1. The van der Waals surface area contributed by atoms with Crippen LogP contribution in [0.4, 0.5) is 5.69 Å². The number of hydrogen-bond acceptors (Lipinski definition) is 4. The van der Waals surface area contributed by atoms with Crippen LogP contribution < -0.4 is 5.32 Å². The molecule has 0 aliphatic heterocycles. The summed E-state index contributed by atoms with van der Waals surface area (Å²) in [6.07, 6.45) is 3.25. The minimum absolute atomic E-state index is 0.0458. The normalized spacial score (nSPS) is 11.1. The number of rotatable bonds is 5. The highest BCUT2D eigenvalue weighted by atomic mass is 16.4. The van der Waals surface area contributed by atoms with Crippen molar-refractivity contribution in [3.63, 3.8) is 0 Å². The summed E-state index contributed by atoms with van der Waals surface area (Å²) in [4.78, 5) is 28.1. The van der Waals surface area contributed by atoms with E-state index in [2.05, 4.69) is 10.3 Å². The van der Waals surface area contributed by atoms with Crippen LogP contribution in [-0.2, 0) is 4.79 Å². The zero-order valence-corrected chi connectivity index (χ0v) is 16.8. The number of nitrogens with zero attached hydrogens (tertiary/aromatic N) is 3. The van der Waals surface area contributed by atoms with Crippen molar-refractivity contribution in [3.8, 4) is 11.9 Å². The Morgan fingerprint density at radius 2 is 1.93 bits per heavy atom. The maximum Gasteiger partial charge on any atom is 0.335 e. The third-order valence-corrected chi connectivity index (χ3v) is 4.63. The van der Waals surface area contributed by atoms with E-state index in [0.717, 1.165) is 28.3 Å². The van der Waals surface area contributed by atoms with Gasteiger partial charge in [0.1, 0.15) is 17.5 Å². The maximum atomic E-state index is 12.6. The number of pyridine rings is 1.